The third kappa shape index (κ3) is 3.61. The predicted octanol–water partition coefficient (Wildman–Crippen LogP) is 4.61. The molecule has 28 heavy (non-hydrogen) atoms. The molecule has 0 radical (unpaired) electrons. The number of nitrogens with one attached hydrogen (secondary N) is 1. The molecule has 6 heteroatoms. The molecule has 150 valence electrons. The van der Waals surface area contributed by atoms with Crippen LogP contribution in [0.4, 0.5) is 5.82 Å². The number of aromatic nitrogens is 4. The lowest BCUT2D eigenvalue weighted by Gasteiger charge is -2.17. The summed E-state index contributed by atoms with van der Waals surface area (Å²) in [6.07, 6.45) is 3.76. The molecule has 0 aliphatic rings. The Balaban J connectivity index is 2.17. The monoisotopic (exact) mass is 381 g/mol. The largest absolute Gasteiger partial charge is 0.396 e. The molecule has 3 aromatic heterocycles. The van der Waals surface area contributed by atoms with Gasteiger partial charge >= 0.3 is 0 Å². The van der Waals surface area contributed by atoms with Gasteiger partial charge in [0.05, 0.1) is 11.4 Å². The van der Waals surface area contributed by atoms with E-state index in [1.54, 1.807) is 0 Å². The minimum atomic E-state index is 0.168. The van der Waals surface area contributed by atoms with Crippen molar-refractivity contribution < 1.29 is 5.11 Å². The van der Waals surface area contributed by atoms with Gasteiger partial charge in [0.2, 0.25) is 0 Å². The van der Waals surface area contributed by atoms with Gasteiger partial charge in [-0.1, -0.05) is 20.8 Å². The van der Waals surface area contributed by atoms with Crippen molar-refractivity contribution in [3.63, 3.8) is 0 Å². The van der Waals surface area contributed by atoms with Crippen molar-refractivity contribution in [3.8, 4) is 11.3 Å². The lowest BCUT2D eigenvalue weighted by Crippen LogP contribution is -2.10. The van der Waals surface area contributed by atoms with Gasteiger partial charge in [-0.05, 0) is 50.3 Å². The Kier molecular flexibility index (Phi) is 5.98. The number of aryl methyl sites for hydroxylation is 2. The summed E-state index contributed by atoms with van der Waals surface area (Å²) in [4.78, 5) is 14.7. The van der Waals surface area contributed by atoms with E-state index < -0.39 is 0 Å². The van der Waals surface area contributed by atoms with Crippen LogP contribution in [0.15, 0.2) is 18.3 Å². The fraction of sp³-hybridized carbons (Fsp3) is 0.500. The van der Waals surface area contributed by atoms with E-state index in [4.69, 9.17) is 15.0 Å². The molecule has 0 saturated heterocycles. The number of nitrogens with zero attached hydrogens (tertiary/aromatic N) is 4. The summed E-state index contributed by atoms with van der Waals surface area (Å²) < 4.78 is 2.17. The highest BCUT2D eigenvalue weighted by Crippen LogP contribution is 2.32. The highest BCUT2D eigenvalue weighted by atomic mass is 16.3. The first-order valence-electron chi connectivity index (χ1n) is 10.1. The average Bonchev–Trinajstić information content (AvgIpc) is 3.00. The van der Waals surface area contributed by atoms with E-state index in [1.807, 2.05) is 14.0 Å². The van der Waals surface area contributed by atoms with Gasteiger partial charge < -0.3 is 15.0 Å². The van der Waals surface area contributed by atoms with Crippen molar-refractivity contribution in [3.05, 3.63) is 35.3 Å². The zero-order valence-corrected chi connectivity index (χ0v) is 17.7. The first-order chi connectivity index (χ1) is 13.4. The second-order valence-corrected chi connectivity index (χ2v) is 7.66. The van der Waals surface area contributed by atoms with Crippen LogP contribution in [0.1, 0.15) is 62.5 Å². The zero-order chi connectivity index (χ0) is 20.4. The standard InChI is InChI=1S/C22H31N5O/c1-7-16(10-11-28)27-12-14(4)19-22(27)24-15(5)20(26-19)17-8-9-18(13(2)3)25-21(17)23-6/h8-9,12-13,16,28H,7,10-11H2,1-6H3,(H,23,25)/t16-/m0/s1. The van der Waals surface area contributed by atoms with Crippen LogP contribution in [0.2, 0.25) is 0 Å². The molecule has 2 N–H and O–H groups in total. The first-order valence-corrected chi connectivity index (χ1v) is 10.1. The Morgan fingerprint density at radius 1 is 1.14 bits per heavy atom. The van der Waals surface area contributed by atoms with Crippen molar-refractivity contribution in [2.24, 2.45) is 0 Å². The maximum atomic E-state index is 9.41. The van der Waals surface area contributed by atoms with E-state index in [0.29, 0.717) is 12.3 Å². The Morgan fingerprint density at radius 3 is 2.50 bits per heavy atom. The van der Waals surface area contributed by atoms with Crippen molar-refractivity contribution >= 4 is 17.0 Å². The fourth-order valence-corrected chi connectivity index (χ4v) is 3.68. The van der Waals surface area contributed by atoms with Crippen molar-refractivity contribution in [1.82, 2.24) is 19.5 Å². The van der Waals surface area contributed by atoms with Crippen molar-refractivity contribution in [2.75, 3.05) is 19.0 Å². The van der Waals surface area contributed by atoms with Gasteiger partial charge in [-0.15, -0.1) is 0 Å². The molecule has 0 aliphatic carbocycles. The van der Waals surface area contributed by atoms with E-state index in [0.717, 1.165) is 51.6 Å². The van der Waals surface area contributed by atoms with Crippen LogP contribution < -0.4 is 5.32 Å². The third-order valence-electron chi connectivity index (χ3n) is 5.33. The number of aliphatic hydroxyl groups excluding tert-OH is 1. The summed E-state index contributed by atoms with van der Waals surface area (Å²) in [6, 6.07) is 4.38. The molecule has 3 heterocycles. The zero-order valence-electron chi connectivity index (χ0n) is 17.7. The Labute approximate surface area is 167 Å². The van der Waals surface area contributed by atoms with E-state index in [9.17, 15) is 5.11 Å². The summed E-state index contributed by atoms with van der Waals surface area (Å²) in [5.74, 6) is 1.19. The molecule has 0 aliphatic heterocycles. The maximum Gasteiger partial charge on any atom is 0.159 e. The molecule has 6 nitrogen and oxygen atoms in total. The number of anilines is 1. The molecular weight excluding hydrogens is 350 g/mol. The second kappa shape index (κ2) is 8.27. The number of hydrogen-bond donors (Lipinski definition) is 2. The molecular formula is C22H31N5O. The smallest absolute Gasteiger partial charge is 0.159 e. The first kappa shape index (κ1) is 20.3. The number of aliphatic hydroxyl groups is 1. The summed E-state index contributed by atoms with van der Waals surface area (Å²) in [5.41, 5.74) is 6.64. The van der Waals surface area contributed by atoms with Gasteiger partial charge in [0.25, 0.3) is 0 Å². The van der Waals surface area contributed by atoms with Crippen LogP contribution >= 0.6 is 0 Å². The Bertz CT molecular complexity index is 977. The molecule has 0 fully saturated rings. The third-order valence-corrected chi connectivity index (χ3v) is 5.33. The predicted molar refractivity (Wildman–Crippen MR) is 115 cm³/mol. The summed E-state index contributed by atoms with van der Waals surface area (Å²) in [7, 11) is 1.89. The van der Waals surface area contributed by atoms with Crippen LogP contribution in [0.3, 0.4) is 0 Å². The average molecular weight is 382 g/mol. The molecule has 0 bridgehead atoms. The quantitative estimate of drug-likeness (QED) is 0.625. The van der Waals surface area contributed by atoms with Gasteiger partial charge in [0.1, 0.15) is 11.3 Å². The van der Waals surface area contributed by atoms with Gasteiger partial charge in [-0.25, -0.2) is 15.0 Å². The Hall–Kier alpha value is -2.47. The second-order valence-electron chi connectivity index (χ2n) is 7.66. The van der Waals surface area contributed by atoms with E-state index in [1.165, 1.54) is 0 Å². The molecule has 0 unspecified atom stereocenters. The molecule has 3 aromatic rings. The van der Waals surface area contributed by atoms with Gasteiger partial charge in [0, 0.05) is 37.2 Å². The van der Waals surface area contributed by atoms with Crippen molar-refractivity contribution in [2.45, 2.75) is 59.4 Å². The number of hydrogen-bond acceptors (Lipinski definition) is 5. The van der Waals surface area contributed by atoms with E-state index in [-0.39, 0.29) is 12.6 Å². The van der Waals surface area contributed by atoms with Crippen LogP contribution in [0, 0.1) is 13.8 Å². The number of rotatable bonds is 7. The highest BCUT2D eigenvalue weighted by molar-refractivity contribution is 5.82. The molecule has 0 spiro atoms. The van der Waals surface area contributed by atoms with Gasteiger partial charge in [0.15, 0.2) is 5.65 Å². The number of pyridine rings is 1. The van der Waals surface area contributed by atoms with E-state index >= 15 is 0 Å². The lowest BCUT2D eigenvalue weighted by atomic mass is 10.1. The molecule has 0 saturated carbocycles. The van der Waals surface area contributed by atoms with E-state index in [2.05, 4.69) is 55.9 Å². The fourth-order valence-electron chi connectivity index (χ4n) is 3.68. The maximum absolute atomic E-state index is 9.41. The SMILES string of the molecule is CC[C@@H](CCO)n1cc(C)c2nc(-c3ccc(C(C)C)nc3NC)c(C)nc21. The van der Waals surface area contributed by atoms with Crippen molar-refractivity contribution in [1.29, 1.82) is 0 Å². The minimum absolute atomic E-state index is 0.168. The van der Waals surface area contributed by atoms with Crippen LogP contribution in [0.25, 0.3) is 22.4 Å². The van der Waals surface area contributed by atoms with Gasteiger partial charge in [-0.3, -0.25) is 0 Å². The topological polar surface area (TPSA) is 75.9 Å². The van der Waals surface area contributed by atoms with Crippen LogP contribution in [-0.2, 0) is 0 Å². The Morgan fingerprint density at radius 2 is 1.89 bits per heavy atom. The number of fused-ring (bicyclic) bond motifs is 1. The molecule has 0 aromatic carbocycles. The summed E-state index contributed by atoms with van der Waals surface area (Å²) in [5, 5.41) is 12.6. The summed E-state index contributed by atoms with van der Waals surface area (Å²) in [6.45, 7) is 10.6. The lowest BCUT2D eigenvalue weighted by molar-refractivity contribution is 0.256. The summed E-state index contributed by atoms with van der Waals surface area (Å²) >= 11 is 0. The van der Waals surface area contributed by atoms with Gasteiger partial charge in [-0.2, -0.15) is 0 Å². The minimum Gasteiger partial charge on any atom is -0.396 e. The normalized spacial score (nSPS) is 12.7. The van der Waals surface area contributed by atoms with Crippen LogP contribution in [-0.4, -0.2) is 38.3 Å². The molecule has 3 rings (SSSR count). The highest BCUT2D eigenvalue weighted by Gasteiger charge is 2.19. The molecule has 1 atom stereocenters. The van der Waals surface area contributed by atoms with Crippen LogP contribution in [0.5, 0.6) is 0 Å². The molecule has 0 amide bonds.